The average Bonchev–Trinajstić information content (AvgIpc) is 3.05. The number of hydrogen-bond acceptors (Lipinski definition) is 4. The van der Waals surface area contributed by atoms with Gasteiger partial charge in [-0.2, -0.15) is 4.99 Å². The quantitative estimate of drug-likeness (QED) is 0.492. The Morgan fingerprint density at radius 1 is 1.00 bits per heavy atom. The predicted octanol–water partition coefficient (Wildman–Crippen LogP) is 4.16. The molecule has 0 radical (unpaired) electrons. The number of rotatable bonds is 4. The van der Waals surface area contributed by atoms with Gasteiger partial charge in [-0.3, -0.25) is 9.59 Å². The van der Waals surface area contributed by atoms with E-state index in [2.05, 4.69) is 4.99 Å². The van der Waals surface area contributed by atoms with Crippen molar-refractivity contribution in [3.8, 4) is 0 Å². The maximum atomic E-state index is 12.8. The van der Waals surface area contributed by atoms with Crippen LogP contribution in [0.5, 0.6) is 0 Å². The van der Waals surface area contributed by atoms with Crippen LogP contribution in [0.1, 0.15) is 17.3 Å². The molecule has 3 aromatic carbocycles. The fourth-order valence-electron chi connectivity index (χ4n) is 3.07. The second kappa shape index (κ2) is 7.78. The Morgan fingerprint density at radius 2 is 1.75 bits per heavy atom. The predicted molar refractivity (Wildman–Crippen MR) is 110 cm³/mol. The second-order valence-electron chi connectivity index (χ2n) is 6.22. The number of fused-ring (bicyclic) bond motifs is 2. The molecule has 1 aromatic heterocycles. The maximum Gasteiger partial charge on any atom is 0.326 e. The molecule has 0 spiro atoms. The van der Waals surface area contributed by atoms with E-state index in [1.807, 2.05) is 60.7 Å². The van der Waals surface area contributed by atoms with Crippen molar-refractivity contribution in [1.29, 1.82) is 0 Å². The highest BCUT2D eigenvalue weighted by Gasteiger charge is 2.13. The van der Waals surface area contributed by atoms with Crippen molar-refractivity contribution >= 4 is 44.2 Å². The zero-order valence-electron chi connectivity index (χ0n) is 15.3. The first kappa shape index (κ1) is 18.1. The third kappa shape index (κ3) is 3.59. The van der Waals surface area contributed by atoms with Crippen LogP contribution in [0.2, 0.25) is 0 Å². The maximum absolute atomic E-state index is 12.8. The minimum Gasteiger partial charge on any atom is -0.465 e. The summed E-state index contributed by atoms with van der Waals surface area (Å²) >= 11 is 1.38. The van der Waals surface area contributed by atoms with Crippen molar-refractivity contribution in [3.05, 3.63) is 77.1 Å². The van der Waals surface area contributed by atoms with Gasteiger partial charge in [-0.25, -0.2) is 0 Å². The van der Waals surface area contributed by atoms with Crippen LogP contribution in [0.3, 0.4) is 0 Å². The summed E-state index contributed by atoms with van der Waals surface area (Å²) in [6.07, 6.45) is 0. The van der Waals surface area contributed by atoms with Crippen molar-refractivity contribution in [1.82, 2.24) is 4.57 Å². The number of carbonyl (C=O) groups excluding carboxylic acids is 2. The van der Waals surface area contributed by atoms with Gasteiger partial charge in [-0.1, -0.05) is 53.8 Å². The molecule has 1 heterocycles. The first-order valence-corrected chi connectivity index (χ1v) is 9.79. The average molecular weight is 390 g/mol. The van der Waals surface area contributed by atoms with Crippen molar-refractivity contribution in [2.24, 2.45) is 4.99 Å². The zero-order chi connectivity index (χ0) is 19.5. The number of ether oxygens (including phenoxy) is 1. The lowest BCUT2D eigenvalue weighted by Gasteiger charge is -2.05. The number of carbonyl (C=O) groups is 2. The highest BCUT2D eigenvalue weighted by atomic mass is 32.1. The zero-order valence-corrected chi connectivity index (χ0v) is 16.1. The number of esters is 1. The van der Waals surface area contributed by atoms with E-state index < -0.39 is 0 Å². The van der Waals surface area contributed by atoms with Crippen LogP contribution in [-0.2, 0) is 16.1 Å². The highest BCUT2D eigenvalue weighted by Crippen LogP contribution is 2.18. The van der Waals surface area contributed by atoms with E-state index >= 15 is 0 Å². The molecule has 140 valence electrons. The van der Waals surface area contributed by atoms with Gasteiger partial charge in [0.05, 0.1) is 16.8 Å². The molecule has 0 N–H and O–H groups in total. The van der Waals surface area contributed by atoms with Crippen LogP contribution >= 0.6 is 11.3 Å². The smallest absolute Gasteiger partial charge is 0.326 e. The molecule has 0 fully saturated rings. The third-order valence-corrected chi connectivity index (χ3v) is 5.43. The summed E-state index contributed by atoms with van der Waals surface area (Å²) in [5.74, 6) is -0.694. The molecule has 0 aliphatic rings. The Morgan fingerprint density at radius 3 is 2.57 bits per heavy atom. The third-order valence-electron chi connectivity index (χ3n) is 4.37. The summed E-state index contributed by atoms with van der Waals surface area (Å²) in [5, 5.41) is 2.05. The van der Waals surface area contributed by atoms with Gasteiger partial charge in [-0.05, 0) is 42.0 Å². The van der Waals surface area contributed by atoms with Gasteiger partial charge in [-0.15, -0.1) is 0 Å². The number of benzene rings is 3. The lowest BCUT2D eigenvalue weighted by molar-refractivity contribution is -0.143. The van der Waals surface area contributed by atoms with Gasteiger partial charge in [0.15, 0.2) is 4.80 Å². The largest absolute Gasteiger partial charge is 0.465 e. The standard InChI is InChI=1S/C22H18N2O3S/c1-2-27-20(25)14-24-18-9-5-6-10-19(18)28-22(24)23-21(26)17-12-11-15-7-3-4-8-16(15)13-17/h3-13H,2,14H2,1H3. The lowest BCUT2D eigenvalue weighted by atomic mass is 10.1. The van der Waals surface area contributed by atoms with E-state index in [1.54, 1.807) is 17.6 Å². The fourth-order valence-corrected chi connectivity index (χ4v) is 4.10. The molecule has 4 aromatic rings. The number of para-hydroxylation sites is 1. The Balaban J connectivity index is 1.78. The molecular formula is C22H18N2O3S. The molecule has 0 unspecified atom stereocenters. The molecule has 1 amide bonds. The number of hydrogen-bond donors (Lipinski definition) is 0. The highest BCUT2D eigenvalue weighted by molar-refractivity contribution is 7.16. The Labute approximate surface area is 165 Å². The fraction of sp³-hybridized carbons (Fsp3) is 0.136. The van der Waals surface area contributed by atoms with Crippen molar-refractivity contribution in [2.45, 2.75) is 13.5 Å². The molecule has 6 heteroatoms. The van der Waals surface area contributed by atoms with Crippen LogP contribution < -0.4 is 4.80 Å². The van der Waals surface area contributed by atoms with Crippen molar-refractivity contribution in [2.75, 3.05) is 6.61 Å². The molecule has 0 bridgehead atoms. The number of amides is 1. The van der Waals surface area contributed by atoms with E-state index in [0.717, 1.165) is 21.0 Å². The van der Waals surface area contributed by atoms with Gasteiger partial charge in [0.1, 0.15) is 6.54 Å². The first-order chi connectivity index (χ1) is 13.7. The number of thiazole rings is 1. The summed E-state index contributed by atoms with van der Waals surface area (Å²) in [6, 6.07) is 21.1. The van der Waals surface area contributed by atoms with Crippen LogP contribution in [0.25, 0.3) is 21.0 Å². The van der Waals surface area contributed by atoms with Crippen molar-refractivity contribution in [3.63, 3.8) is 0 Å². The lowest BCUT2D eigenvalue weighted by Crippen LogP contribution is -2.23. The Bertz CT molecular complexity index is 1250. The van der Waals surface area contributed by atoms with Crippen LogP contribution in [0, 0.1) is 0 Å². The first-order valence-electron chi connectivity index (χ1n) is 8.97. The molecule has 0 aliphatic carbocycles. The summed E-state index contributed by atoms with van der Waals surface area (Å²) in [4.78, 5) is 29.7. The van der Waals surface area contributed by atoms with Gasteiger partial charge < -0.3 is 9.30 Å². The second-order valence-corrected chi connectivity index (χ2v) is 7.23. The molecule has 0 aliphatic heterocycles. The van der Waals surface area contributed by atoms with Crippen LogP contribution in [0.15, 0.2) is 71.7 Å². The molecule has 28 heavy (non-hydrogen) atoms. The monoisotopic (exact) mass is 390 g/mol. The van der Waals surface area contributed by atoms with Gasteiger partial charge >= 0.3 is 5.97 Å². The van der Waals surface area contributed by atoms with Gasteiger partial charge in [0.25, 0.3) is 5.91 Å². The van der Waals surface area contributed by atoms with Crippen LogP contribution in [-0.4, -0.2) is 23.1 Å². The minimum atomic E-state index is -0.356. The molecule has 0 saturated carbocycles. The topological polar surface area (TPSA) is 60.7 Å². The van der Waals surface area contributed by atoms with Gasteiger partial charge in [0, 0.05) is 5.56 Å². The summed E-state index contributed by atoms with van der Waals surface area (Å²) in [5.41, 5.74) is 1.37. The molecule has 0 saturated heterocycles. The number of nitrogens with zero attached hydrogens (tertiary/aromatic N) is 2. The summed E-state index contributed by atoms with van der Waals surface area (Å²) in [6.45, 7) is 2.09. The molecule has 5 nitrogen and oxygen atoms in total. The summed E-state index contributed by atoms with van der Waals surface area (Å²) in [7, 11) is 0. The normalized spacial score (nSPS) is 11.8. The molecule has 4 rings (SSSR count). The van der Waals surface area contributed by atoms with E-state index in [-0.39, 0.29) is 18.4 Å². The van der Waals surface area contributed by atoms with E-state index in [9.17, 15) is 9.59 Å². The van der Waals surface area contributed by atoms with Crippen LogP contribution in [0.4, 0.5) is 0 Å². The summed E-state index contributed by atoms with van der Waals surface area (Å²) < 4.78 is 7.76. The number of aromatic nitrogens is 1. The Hall–Kier alpha value is -3.25. The molecular weight excluding hydrogens is 372 g/mol. The van der Waals surface area contributed by atoms with Crippen molar-refractivity contribution < 1.29 is 14.3 Å². The van der Waals surface area contributed by atoms with E-state index in [0.29, 0.717) is 17.0 Å². The Kier molecular flexibility index (Phi) is 5.04. The minimum absolute atomic E-state index is 0.0156. The molecule has 0 atom stereocenters. The van der Waals surface area contributed by atoms with E-state index in [1.165, 1.54) is 11.3 Å². The SMILES string of the molecule is CCOC(=O)Cn1c(=NC(=O)c2ccc3ccccc3c2)sc2ccccc21. The van der Waals surface area contributed by atoms with Gasteiger partial charge in [0.2, 0.25) is 0 Å². The van der Waals surface area contributed by atoms with E-state index in [4.69, 9.17) is 4.74 Å².